The molecule has 1 aromatic heterocycles. The number of sulfonamides is 1. The highest BCUT2D eigenvalue weighted by Crippen LogP contribution is 2.28. The topological polar surface area (TPSA) is 101 Å². The van der Waals surface area contributed by atoms with Crippen LogP contribution in [0.1, 0.15) is 29.0 Å². The zero-order valence-electron chi connectivity index (χ0n) is 16.0. The summed E-state index contributed by atoms with van der Waals surface area (Å²) in [5, 5.41) is 0. The zero-order chi connectivity index (χ0) is 20.2. The van der Waals surface area contributed by atoms with Crippen LogP contribution in [0.3, 0.4) is 0 Å². The third-order valence-electron chi connectivity index (χ3n) is 4.86. The summed E-state index contributed by atoms with van der Waals surface area (Å²) in [6, 6.07) is 8.22. The van der Waals surface area contributed by atoms with Gasteiger partial charge in [0.25, 0.3) is 5.91 Å². The molecule has 0 aliphatic carbocycles. The molecule has 2 aromatic rings. The molecular weight excluding hydrogens is 380 g/mol. The van der Waals surface area contributed by atoms with Crippen LogP contribution >= 0.6 is 0 Å². The molecule has 8 nitrogen and oxygen atoms in total. The lowest BCUT2D eigenvalue weighted by atomic mass is 9.96. The van der Waals surface area contributed by atoms with Gasteiger partial charge in [-0.15, -0.1) is 0 Å². The van der Waals surface area contributed by atoms with Gasteiger partial charge in [0.2, 0.25) is 10.0 Å². The van der Waals surface area contributed by atoms with Crippen molar-refractivity contribution in [2.75, 3.05) is 26.8 Å². The van der Waals surface area contributed by atoms with Gasteiger partial charge in [-0.3, -0.25) is 4.79 Å². The quantitative estimate of drug-likeness (QED) is 0.748. The molecule has 0 spiro atoms. The fourth-order valence-electron chi connectivity index (χ4n) is 3.31. The molecule has 3 rings (SSSR count). The summed E-state index contributed by atoms with van der Waals surface area (Å²) in [7, 11) is -2.15. The number of aryl methyl sites for hydroxylation is 1. The molecule has 1 aromatic carbocycles. The Morgan fingerprint density at radius 3 is 2.57 bits per heavy atom. The molecule has 1 N–H and O–H groups in total. The Balaban J connectivity index is 1.81. The number of carbonyl (C=O) groups is 1. The normalized spacial score (nSPS) is 19.7. The van der Waals surface area contributed by atoms with Crippen molar-refractivity contribution >= 4 is 15.9 Å². The van der Waals surface area contributed by atoms with Crippen molar-refractivity contribution in [1.29, 1.82) is 0 Å². The molecule has 9 heteroatoms. The number of methoxy groups -OCH3 is 1. The first-order valence-corrected chi connectivity index (χ1v) is 10.5. The Morgan fingerprint density at radius 1 is 1.25 bits per heavy atom. The average Bonchev–Trinajstić information content (AvgIpc) is 3.10. The van der Waals surface area contributed by atoms with Crippen LogP contribution in [0.25, 0.3) is 0 Å². The number of likely N-dealkylation sites (tertiary alicyclic amines) is 1. The summed E-state index contributed by atoms with van der Waals surface area (Å²) in [5.41, 5.74) is -0.398. The van der Waals surface area contributed by atoms with E-state index in [2.05, 4.69) is 14.7 Å². The smallest absolute Gasteiger partial charge is 0.257 e. The van der Waals surface area contributed by atoms with E-state index >= 15 is 0 Å². The number of nitrogens with one attached hydrogen (secondary N) is 1. The second-order valence-electron chi connectivity index (χ2n) is 6.94. The van der Waals surface area contributed by atoms with Gasteiger partial charge in [0, 0.05) is 39.2 Å². The zero-order valence-corrected chi connectivity index (χ0v) is 16.8. The Kier molecular flexibility index (Phi) is 6.07. The van der Waals surface area contributed by atoms with Gasteiger partial charge in [-0.25, -0.2) is 23.1 Å². The molecule has 2 heterocycles. The van der Waals surface area contributed by atoms with E-state index in [1.807, 2.05) is 0 Å². The molecule has 1 aliphatic rings. The maximum absolute atomic E-state index is 12.9. The molecular formula is C19H24N4O4S. The van der Waals surface area contributed by atoms with Gasteiger partial charge < -0.3 is 9.64 Å². The van der Waals surface area contributed by atoms with Crippen molar-refractivity contribution in [3.05, 3.63) is 54.1 Å². The van der Waals surface area contributed by atoms with Crippen molar-refractivity contribution < 1.29 is 17.9 Å². The van der Waals surface area contributed by atoms with Crippen LogP contribution in [0.4, 0.5) is 0 Å². The molecule has 0 saturated carbocycles. The van der Waals surface area contributed by atoms with Crippen molar-refractivity contribution in [1.82, 2.24) is 19.6 Å². The lowest BCUT2D eigenvalue weighted by Crippen LogP contribution is -2.51. The van der Waals surface area contributed by atoms with Gasteiger partial charge in [-0.05, 0) is 31.9 Å². The van der Waals surface area contributed by atoms with Gasteiger partial charge in [0.15, 0.2) is 0 Å². The van der Waals surface area contributed by atoms with E-state index < -0.39 is 15.6 Å². The first-order valence-electron chi connectivity index (χ1n) is 9.01. The van der Waals surface area contributed by atoms with Crippen LogP contribution in [0.2, 0.25) is 0 Å². The SMILES string of the molecule is COCCC1(NS(=O)(=O)c2ccccc2)CCN(C(=O)c2cnc(C)nc2)C1. The number of hydrogen-bond donors (Lipinski definition) is 1. The fourth-order valence-corrected chi connectivity index (χ4v) is 4.78. The van der Waals surface area contributed by atoms with Crippen molar-refractivity contribution in [3.63, 3.8) is 0 Å². The minimum Gasteiger partial charge on any atom is -0.385 e. The van der Waals surface area contributed by atoms with Crippen LogP contribution in [0.5, 0.6) is 0 Å². The highest BCUT2D eigenvalue weighted by Gasteiger charge is 2.43. The lowest BCUT2D eigenvalue weighted by Gasteiger charge is -2.30. The number of benzene rings is 1. The highest BCUT2D eigenvalue weighted by atomic mass is 32.2. The Bertz CT molecular complexity index is 919. The molecule has 1 atom stereocenters. The minimum atomic E-state index is -3.72. The van der Waals surface area contributed by atoms with Crippen LogP contribution < -0.4 is 4.72 Å². The van der Waals surface area contributed by atoms with E-state index in [1.54, 1.807) is 49.3 Å². The largest absolute Gasteiger partial charge is 0.385 e. The van der Waals surface area contributed by atoms with Crippen molar-refractivity contribution in [3.8, 4) is 0 Å². The van der Waals surface area contributed by atoms with Crippen LogP contribution in [0.15, 0.2) is 47.6 Å². The second-order valence-corrected chi connectivity index (χ2v) is 8.62. The van der Waals surface area contributed by atoms with E-state index in [-0.39, 0.29) is 17.3 Å². The van der Waals surface area contributed by atoms with E-state index in [4.69, 9.17) is 4.74 Å². The number of ether oxygens (including phenoxy) is 1. The summed E-state index contributed by atoms with van der Waals surface area (Å²) in [4.78, 5) is 22.8. The van der Waals surface area contributed by atoms with Crippen LogP contribution in [0, 0.1) is 6.92 Å². The van der Waals surface area contributed by atoms with Gasteiger partial charge in [0.1, 0.15) is 5.82 Å². The van der Waals surface area contributed by atoms with Crippen LogP contribution in [-0.4, -0.2) is 61.5 Å². The average molecular weight is 404 g/mol. The van der Waals surface area contributed by atoms with Crippen LogP contribution in [-0.2, 0) is 14.8 Å². The molecule has 1 saturated heterocycles. The first kappa shape index (κ1) is 20.4. The molecule has 150 valence electrons. The summed E-state index contributed by atoms with van der Waals surface area (Å²) in [5.74, 6) is 0.376. The molecule has 1 amide bonds. The standard InChI is InChI=1S/C19H24N4O4S/c1-15-20-12-16(13-21-15)18(24)23-10-8-19(14-23,9-11-27-2)22-28(25,26)17-6-4-3-5-7-17/h3-7,12-13,22H,8-11,14H2,1-2H3. The molecule has 28 heavy (non-hydrogen) atoms. The Morgan fingerprint density at radius 2 is 1.93 bits per heavy atom. The lowest BCUT2D eigenvalue weighted by molar-refractivity contribution is 0.0774. The minimum absolute atomic E-state index is 0.198. The van der Waals surface area contributed by atoms with E-state index in [9.17, 15) is 13.2 Å². The number of rotatable bonds is 7. The molecule has 1 fully saturated rings. The molecule has 1 aliphatic heterocycles. The predicted octanol–water partition coefficient (Wildman–Crippen LogP) is 1.38. The maximum atomic E-state index is 12.9. The van der Waals surface area contributed by atoms with Gasteiger partial charge in [-0.2, -0.15) is 0 Å². The predicted molar refractivity (Wildman–Crippen MR) is 103 cm³/mol. The second kappa shape index (κ2) is 8.34. The third-order valence-corrected chi connectivity index (χ3v) is 6.45. The molecule has 0 bridgehead atoms. The highest BCUT2D eigenvalue weighted by molar-refractivity contribution is 7.89. The van der Waals surface area contributed by atoms with E-state index in [1.165, 1.54) is 12.4 Å². The van der Waals surface area contributed by atoms with E-state index in [0.717, 1.165) is 0 Å². The third kappa shape index (κ3) is 4.54. The van der Waals surface area contributed by atoms with Crippen molar-refractivity contribution in [2.24, 2.45) is 0 Å². The monoisotopic (exact) mass is 404 g/mol. The fraction of sp³-hybridized carbons (Fsp3) is 0.421. The van der Waals surface area contributed by atoms with Gasteiger partial charge >= 0.3 is 0 Å². The summed E-state index contributed by atoms with van der Waals surface area (Å²) in [6.45, 7) is 2.83. The number of nitrogens with zero attached hydrogens (tertiary/aromatic N) is 3. The molecule has 1 unspecified atom stereocenters. The summed E-state index contributed by atoms with van der Waals surface area (Å²) in [6.07, 6.45) is 3.95. The van der Waals surface area contributed by atoms with Gasteiger partial charge in [0.05, 0.1) is 16.0 Å². The van der Waals surface area contributed by atoms with E-state index in [0.29, 0.717) is 37.4 Å². The summed E-state index contributed by atoms with van der Waals surface area (Å²) >= 11 is 0. The maximum Gasteiger partial charge on any atom is 0.257 e. The van der Waals surface area contributed by atoms with Crippen molar-refractivity contribution in [2.45, 2.75) is 30.2 Å². The Hall–Kier alpha value is -2.36. The van der Waals surface area contributed by atoms with Gasteiger partial charge in [-0.1, -0.05) is 18.2 Å². The molecule has 0 radical (unpaired) electrons. The summed E-state index contributed by atoms with van der Waals surface area (Å²) < 4.78 is 33.7. The Labute approximate surface area is 165 Å². The number of carbonyl (C=O) groups excluding carboxylic acids is 1. The number of hydrogen-bond acceptors (Lipinski definition) is 6. The first-order chi connectivity index (χ1) is 13.4. The number of aromatic nitrogens is 2. The number of amides is 1.